The van der Waals surface area contributed by atoms with E-state index in [1.54, 1.807) is 14.2 Å². The van der Waals surface area contributed by atoms with Gasteiger partial charge in [0.2, 0.25) is 0 Å². The van der Waals surface area contributed by atoms with Crippen molar-refractivity contribution in [1.82, 2.24) is 4.98 Å². The normalized spacial score (nSPS) is 11.1. The minimum Gasteiger partial charge on any atom is -0.496 e. The summed E-state index contributed by atoms with van der Waals surface area (Å²) in [4.78, 5) is 3.38. The summed E-state index contributed by atoms with van der Waals surface area (Å²) in [6.07, 6.45) is 0. The summed E-state index contributed by atoms with van der Waals surface area (Å²) in [5.41, 5.74) is 2.02. The summed E-state index contributed by atoms with van der Waals surface area (Å²) < 4.78 is 11.9. The van der Waals surface area contributed by atoms with Gasteiger partial charge in [-0.15, -0.1) is 0 Å². The third-order valence-corrected chi connectivity index (χ3v) is 3.57. The number of H-pyrrole nitrogens is 1. The lowest BCUT2D eigenvalue weighted by Gasteiger charge is -2.06. The minimum atomic E-state index is 0.818. The summed E-state index contributed by atoms with van der Waals surface area (Å²) >= 11 is 3.48. The van der Waals surface area contributed by atoms with Crippen molar-refractivity contribution in [2.24, 2.45) is 0 Å². The minimum absolute atomic E-state index is 0.818. The van der Waals surface area contributed by atoms with Gasteiger partial charge in [-0.1, -0.05) is 22.0 Å². The summed E-state index contributed by atoms with van der Waals surface area (Å²) in [7, 11) is 3.35. The highest BCUT2D eigenvalue weighted by atomic mass is 79.9. The molecule has 0 spiro atoms. The zero-order chi connectivity index (χ0) is 12.7. The van der Waals surface area contributed by atoms with E-state index in [-0.39, 0.29) is 0 Å². The highest BCUT2D eigenvalue weighted by molar-refractivity contribution is 9.10. The highest BCUT2D eigenvalue weighted by Crippen LogP contribution is 2.38. The van der Waals surface area contributed by atoms with Gasteiger partial charge in [0.25, 0.3) is 0 Å². The average molecular weight is 306 g/mol. The maximum atomic E-state index is 5.44. The Morgan fingerprint density at radius 2 is 1.72 bits per heavy atom. The molecule has 0 radical (unpaired) electrons. The third kappa shape index (κ3) is 1.56. The molecule has 0 saturated carbocycles. The molecule has 3 nitrogen and oxygen atoms in total. The largest absolute Gasteiger partial charge is 0.496 e. The molecule has 1 heterocycles. The maximum Gasteiger partial charge on any atom is 0.143 e. The molecule has 1 aromatic heterocycles. The molecule has 3 rings (SSSR count). The van der Waals surface area contributed by atoms with Crippen molar-refractivity contribution < 1.29 is 9.47 Å². The van der Waals surface area contributed by atoms with Gasteiger partial charge in [-0.2, -0.15) is 0 Å². The second-order valence-electron chi connectivity index (χ2n) is 4.03. The van der Waals surface area contributed by atoms with Gasteiger partial charge >= 0.3 is 0 Å². The van der Waals surface area contributed by atoms with E-state index in [0.29, 0.717) is 0 Å². The Labute approximate surface area is 113 Å². The van der Waals surface area contributed by atoms with Gasteiger partial charge in [0, 0.05) is 15.4 Å². The number of aromatic nitrogens is 1. The molecule has 0 amide bonds. The molecule has 4 heteroatoms. The smallest absolute Gasteiger partial charge is 0.143 e. The Kier molecular flexibility index (Phi) is 2.67. The number of hydrogen-bond acceptors (Lipinski definition) is 2. The van der Waals surface area contributed by atoms with Crippen molar-refractivity contribution >= 4 is 37.7 Å². The zero-order valence-electron chi connectivity index (χ0n) is 10.1. The molecule has 0 bridgehead atoms. The number of halogens is 1. The summed E-state index contributed by atoms with van der Waals surface area (Å²) in [6, 6.07) is 9.98. The second-order valence-corrected chi connectivity index (χ2v) is 4.95. The van der Waals surface area contributed by atoms with E-state index < -0.39 is 0 Å². The predicted molar refractivity (Wildman–Crippen MR) is 76.6 cm³/mol. The Morgan fingerprint density at radius 3 is 2.44 bits per heavy atom. The van der Waals surface area contributed by atoms with Gasteiger partial charge in [-0.05, 0) is 24.3 Å². The monoisotopic (exact) mass is 305 g/mol. The first kappa shape index (κ1) is 11.4. The van der Waals surface area contributed by atoms with E-state index in [9.17, 15) is 0 Å². The van der Waals surface area contributed by atoms with Gasteiger partial charge in [0.05, 0.1) is 25.1 Å². The first-order valence-electron chi connectivity index (χ1n) is 5.56. The van der Waals surface area contributed by atoms with Gasteiger partial charge < -0.3 is 14.5 Å². The maximum absolute atomic E-state index is 5.44. The number of fused-ring (bicyclic) bond motifs is 3. The van der Waals surface area contributed by atoms with Crippen LogP contribution in [0.4, 0.5) is 0 Å². The molecule has 92 valence electrons. The molecule has 2 aromatic carbocycles. The molecule has 0 aliphatic rings. The molecule has 18 heavy (non-hydrogen) atoms. The third-order valence-electron chi connectivity index (χ3n) is 3.08. The Hall–Kier alpha value is -1.68. The van der Waals surface area contributed by atoms with Crippen LogP contribution in [0.3, 0.4) is 0 Å². The van der Waals surface area contributed by atoms with Crippen LogP contribution >= 0.6 is 15.9 Å². The number of aromatic amines is 1. The first-order valence-corrected chi connectivity index (χ1v) is 6.36. The van der Waals surface area contributed by atoms with Crippen molar-refractivity contribution in [1.29, 1.82) is 0 Å². The average Bonchev–Trinajstić information content (AvgIpc) is 2.75. The van der Waals surface area contributed by atoms with Crippen molar-refractivity contribution in [2.45, 2.75) is 0 Å². The van der Waals surface area contributed by atoms with Gasteiger partial charge in [0.1, 0.15) is 11.5 Å². The molecule has 0 saturated heterocycles. The molecule has 0 atom stereocenters. The van der Waals surface area contributed by atoms with E-state index in [4.69, 9.17) is 9.47 Å². The fourth-order valence-electron chi connectivity index (χ4n) is 2.27. The van der Waals surface area contributed by atoms with Crippen LogP contribution in [0.1, 0.15) is 0 Å². The van der Waals surface area contributed by atoms with E-state index in [2.05, 4.69) is 27.0 Å². The molecule has 1 N–H and O–H groups in total. The Morgan fingerprint density at radius 1 is 1.00 bits per heavy atom. The Balaban J connectivity index is 2.51. The Bertz CT molecular complexity index is 733. The first-order chi connectivity index (χ1) is 8.74. The standard InChI is InChI=1S/C14H12BrNO2/c1-17-11-5-6-12(18-2)14-13(11)9-4-3-8(15)7-10(9)16-14/h3-7,16H,1-2H3. The van der Waals surface area contributed by atoms with Crippen molar-refractivity contribution in [3.05, 3.63) is 34.8 Å². The van der Waals surface area contributed by atoms with E-state index >= 15 is 0 Å². The number of nitrogens with one attached hydrogen (secondary N) is 1. The van der Waals surface area contributed by atoms with Crippen LogP contribution in [0.15, 0.2) is 34.8 Å². The fourth-order valence-corrected chi connectivity index (χ4v) is 2.63. The quantitative estimate of drug-likeness (QED) is 0.773. The number of methoxy groups -OCH3 is 2. The lowest BCUT2D eigenvalue weighted by molar-refractivity contribution is 0.410. The van der Waals surface area contributed by atoms with Crippen molar-refractivity contribution in [3.63, 3.8) is 0 Å². The lowest BCUT2D eigenvalue weighted by Crippen LogP contribution is -1.87. The molecule has 0 unspecified atom stereocenters. The van der Waals surface area contributed by atoms with Gasteiger partial charge in [0.15, 0.2) is 0 Å². The molecule has 0 fully saturated rings. The van der Waals surface area contributed by atoms with Crippen molar-refractivity contribution in [2.75, 3.05) is 14.2 Å². The fraction of sp³-hybridized carbons (Fsp3) is 0.143. The van der Waals surface area contributed by atoms with Gasteiger partial charge in [-0.25, -0.2) is 0 Å². The molecular formula is C14H12BrNO2. The van der Waals surface area contributed by atoms with Crippen LogP contribution in [-0.2, 0) is 0 Å². The van der Waals surface area contributed by atoms with Crippen LogP contribution in [-0.4, -0.2) is 19.2 Å². The van der Waals surface area contributed by atoms with Crippen molar-refractivity contribution in [3.8, 4) is 11.5 Å². The SMILES string of the molecule is COc1ccc(OC)c2c1[nH]c1cc(Br)ccc12. The molecule has 0 aliphatic heterocycles. The summed E-state index contributed by atoms with van der Waals surface area (Å²) in [5, 5.41) is 2.18. The van der Waals surface area contributed by atoms with Crippen LogP contribution in [0.5, 0.6) is 11.5 Å². The van der Waals surface area contributed by atoms with Crippen LogP contribution in [0.2, 0.25) is 0 Å². The molecule has 0 aliphatic carbocycles. The van der Waals surface area contributed by atoms with E-state index in [1.165, 1.54) is 0 Å². The van der Waals surface area contributed by atoms with E-state index in [1.807, 2.05) is 24.3 Å². The zero-order valence-corrected chi connectivity index (χ0v) is 11.7. The van der Waals surface area contributed by atoms with Gasteiger partial charge in [-0.3, -0.25) is 0 Å². The topological polar surface area (TPSA) is 34.2 Å². The number of benzene rings is 2. The second kappa shape index (κ2) is 4.21. The van der Waals surface area contributed by atoms with E-state index in [0.717, 1.165) is 37.8 Å². The molecular weight excluding hydrogens is 294 g/mol. The van der Waals surface area contributed by atoms with Crippen LogP contribution < -0.4 is 9.47 Å². The lowest BCUT2D eigenvalue weighted by atomic mass is 10.1. The number of ether oxygens (including phenoxy) is 2. The molecule has 3 aromatic rings. The number of rotatable bonds is 2. The van der Waals surface area contributed by atoms with Crippen LogP contribution in [0, 0.1) is 0 Å². The highest BCUT2D eigenvalue weighted by Gasteiger charge is 2.13. The van der Waals surface area contributed by atoms with Crippen LogP contribution in [0.25, 0.3) is 21.8 Å². The summed E-state index contributed by atoms with van der Waals surface area (Å²) in [5.74, 6) is 1.66. The predicted octanol–water partition coefficient (Wildman–Crippen LogP) is 4.10. The number of hydrogen-bond donors (Lipinski definition) is 1. The summed E-state index contributed by atoms with van der Waals surface area (Å²) in [6.45, 7) is 0.